The quantitative estimate of drug-likeness (QED) is 0.156. The molecule has 1 aliphatic rings. The lowest BCUT2D eigenvalue weighted by Gasteiger charge is -2.35. The molecule has 2 heterocycles. The van der Waals surface area contributed by atoms with Crippen LogP contribution in [0.4, 0.5) is 23.2 Å². The molecule has 0 fully saturated rings. The van der Waals surface area contributed by atoms with Gasteiger partial charge in [-0.15, -0.1) is 0 Å². The van der Waals surface area contributed by atoms with E-state index in [1.165, 1.54) is 48.6 Å². The molecule has 0 aliphatic carbocycles. The Morgan fingerprint density at radius 3 is 2.65 bits per heavy atom. The molecule has 0 saturated carbocycles. The molecule has 1 unspecified atom stereocenters. The molecule has 1 atom stereocenters. The number of pyridine rings is 1. The summed E-state index contributed by atoms with van der Waals surface area (Å²) in [6.45, 7) is -0.994. The number of alkyl halides is 3. The molecule has 2 aromatic carbocycles. The first-order chi connectivity index (χ1) is 20.3. The van der Waals surface area contributed by atoms with Gasteiger partial charge in [-0.3, -0.25) is 9.10 Å². The van der Waals surface area contributed by atoms with Gasteiger partial charge < -0.3 is 19.7 Å². The van der Waals surface area contributed by atoms with E-state index in [9.17, 15) is 30.8 Å². The summed E-state index contributed by atoms with van der Waals surface area (Å²) >= 11 is 6.08. The third-order valence-corrected chi connectivity index (χ3v) is 8.40. The Bertz CT molecular complexity index is 1610. The summed E-state index contributed by atoms with van der Waals surface area (Å²) in [6, 6.07) is 8.85. The maximum Gasteiger partial charge on any atom is 0.417 e. The Kier molecular flexibility index (Phi) is 9.82. The molecule has 0 bridgehead atoms. The number of nitrogens with zero attached hydrogens (tertiary/aromatic N) is 2. The van der Waals surface area contributed by atoms with E-state index in [1.807, 2.05) is 0 Å². The molecule has 230 valence electrons. The molecular formula is C28H25ClF4N2O7S. The first-order valence-corrected chi connectivity index (χ1v) is 14.6. The maximum absolute atomic E-state index is 14.3. The molecule has 1 aromatic heterocycles. The van der Waals surface area contributed by atoms with Crippen molar-refractivity contribution in [2.24, 2.45) is 0 Å². The van der Waals surface area contributed by atoms with E-state index < -0.39 is 57.0 Å². The van der Waals surface area contributed by atoms with Crippen LogP contribution in [0.15, 0.2) is 53.6 Å². The number of carbonyl (C=O) groups is 1. The summed E-state index contributed by atoms with van der Waals surface area (Å²) in [7, 11) is -4.84. The van der Waals surface area contributed by atoms with Crippen molar-refractivity contribution in [1.82, 2.24) is 4.98 Å². The number of aliphatic hydroxyl groups is 1. The van der Waals surface area contributed by atoms with E-state index in [-0.39, 0.29) is 54.5 Å². The van der Waals surface area contributed by atoms with Gasteiger partial charge in [-0.25, -0.2) is 17.8 Å². The minimum Gasteiger partial charge on any atom is -0.486 e. The second-order valence-electron chi connectivity index (χ2n) is 9.35. The van der Waals surface area contributed by atoms with Gasteiger partial charge in [0.05, 0.1) is 29.4 Å². The second-order valence-corrected chi connectivity index (χ2v) is 11.6. The third kappa shape index (κ3) is 7.56. The molecule has 43 heavy (non-hydrogen) atoms. The molecule has 4 rings (SSSR count). The number of hydrogen-bond donors (Lipinski definition) is 2. The highest BCUT2D eigenvalue weighted by atomic mass is 35.5. The monoisotopic (exact) mass is 644 g/mol. The van der Waals surface area contributed by atoms with E-state index in [2.05, 4.69) is 4.98 Å². The van der Waals surface area contributed by atoms with E-state index in [0.717, 1.165) is 4.31 Å². The van der Waals surface area contributed by atoms with Crippen molar-refractivity contribution in [3.63, 3.8) is 0 Å². The number of sulfonamides is 1. The van der Waals surface area contributed by atoms with Crippen LogP contribution in [0.1, 0.15) is 36.0 Å². The highest BCUT2D eigenvalue weighted by Gasteiger charge is 2.39. The number of aromatic nitrogens is 1. The lowest BCUT2D eigenvalue weighted by molar-refractivity contribution is -0.138. The number of halogens is 5. The second kappa shape index (κ2) is 13.2. The first kappa shape index (κ1) is 32.0. The van der Waals surface area contributed by atoms with Crippen LogP contribution in [0.25, 0.3) is 12.2 Å². The number of aliphatic carboxylic acids is 1. The number of carboxylic acids is 1. The van der Waals surface area contributed by atoms with Crippen LogP contribution in [-0.4, -0.2) is 55.4 Å². The van der Waals surface area contributed by atoms with Gasteiger partial charge in [-0.05, 0) is 48.4 Å². The largest absolute Gasteiger partial charge is 0.486 e. The summed E-state index contributed by atoms with van der Waals surface area (Å²) in [5, 5.41) is 18.3. The summed E-state index contributed by atoms with van der Waals surface area (Å²) in [5.41, 5.74) is -0.953. The molecule has 2 N–H and O–H groups in total. The van der Waals surface area contributed by atoms with Crippen molar-refractivity contribution in [1.29, 1.82) is 0 Å². The molecular weight excluding hydrogens is 620 g/mol. The smallest absolute Gasteiger partial charge is 0.417 e. The number of carboxylic acid groups (broad SMARTS) is 1. The average Bonchev–Trinajstić information content (AvgIpc) is 2.95. The third-order valence-electron chi connectivity index (χ3n) is 6.29. The highest BCUT2D eigenvalue weighted by Crippen LogP contribution is 2.41. The van der Waals surface area contributed by atoms with Gasteiger partial charge in [0.25, 0.3) is 10.0 Å². The summed E-state index contributed by atoms with van der Waals surface area (Å²) < 4.78 is 95.3. The fourth-order valence-electron chi connectivity index (χ4n) is 4.18. The topological polar surface area (TPSA) is 126 Å². The zero-order chi connectivity index (χ0) is 31.4. The fraction of sp³-hybridized carbons (Fsp3) is 0.286. The predicted molar refractivity (Wildman–Crippen MR) is 149 cm³/mol. The number of aliphatic hydroxyl groups excluding tert-OH is 1. The average molecular weight is 645 g/mol. The Morgan fingerprint density at radius 1 is 1.21 bits per heavy atom. The lowest BCUT2D eigenvalue weighted by Crippen LogP contribution is -2.44. The van der Waals surface area contributed by atoms with E-state index >= 15 is 0 Å². The van der Waals surface area contributed by atoms with Crippen molar-refractivity contribution in [2.75, 3.05) is 24.1 Å². The van der Waals surface area contributed by atoms with Gasteiger partial charge in [0.2, 0.25) is 5.88 Å². The minimum absolute atomic E-state index is 0.0222. The van der Waals surface area contributed by atoms with Crippen LogP contribution in [0.5, 0.6) is 11.6 Å². The molecule has 15 heteroatoms. The SMILES string of the molecule is O=C(O)CCC1CN(S(=O)(=O)c2cc(C(F)(F)F)cnc2OCCCO)c2cc(C=Cc3c(F)cccc3Cl)ccc2O1. The van der Waals surface area contributed by atoms with Gasteiger partial charge in [0.1, 0.15) is 17.7 Å². The number of benzene rings is 2. The van der Waals surface area contributed by atoms with E-state index in [1.54, 1.807) is 0 Å². The van der Waals surface area contributed by atoms with Crippen molar-refractivity contribution in [3.8, 4) is 11.6 Å². The van der Waals surface area contributed by atoms with Gasteiger partial charge >= 0.3 is 12.1 Å². The first-order valence-electron chi connectivity index (χ1n) is 12.8. The fourth-order valence-corrected chi connectivity index (χ4v) is 6.01. The standard InChI is InChI=1S/C28H25ClF4N2O7S/c29-21-3-1-4-22(30)20(21)8-5-17-6-9-24-23(13-17)35(16-19(42-24)7-10-26(37)38)43(39,40)25-14-18(28(31,32)33)15-34-27(25)41-12-2-11-36/h1,3-6,8-9,13-15,19,36H,2,7,10-12,16H2,(H,37,38). The summed E-state index contributed by atoms with van der Waals surface area (Å²) in [6.07, 6.45) is -3.03. The van der Waals surface area contributed by atoms with Crippen LogP contribution < -0.4 is 13.8 Å². The van der Waals surface area contributed by atoms with Crippen molar-refractivity contribution >= 4 is 45.4 Å². The number of hydrogen-bond acceptors (Lipinski definition) is 7. The number of rotatable bonds is 11. The Labute approximate surface area is 249 Å². The Hall–Kier alpha value is -3.88. The Morgan fingerprint density at radius 2 is 1.98 bits per heavy atom. The van der Waals surface area contributed by atoms with Crippen molar-refractivity contribution in [2.45, 2.75) is 36.4 Å². The lowest BCUT2D eigenvalue weighted by atomic mass is 10.1. The number of fused-ring (bicyclic) bond motifs is 1. The van der Waals surface area contributed by atoms with Crippen LogP contribution >= 0.6 is 11.6 Å². The van der Waals surface area contributed by atoms with Crippen LogP contribution in [0, 0.1) is 5.82 Å². The number of ether oxygens (including phenoxy) is 2. The molecule has 9 nitrogen and oxygen atoms in total. The zero-order valence-corrected chi connectivity index (χ0v) is 23.8. The molecule has 0 radical (unpaired) electrons. The van der Waals surface area contributed by atoms with E-state index in [0.29, 0.717) is 17.8 Å². The molecule has 0 amide bonds. The maximum atomic E-state index is 14.3. The normalized spacial score (nSPS) is 15.3. The van der Waals surface area contributed by atoms with Gasteiger partial charge in [0.15, 0.2) is 4.90 Å². The van der Waals surface area contributed by atoms with Crippen molar-refractivity contribution in [3.05, 3.63) is 76.2 Å². The van der Waals surface area contributed by atoms with Crippen LogP contribution in [0.2, 0.25) is 5.02 Å². The molecule has 0 saturated heterocycles. The minimum atomic E-state index is -4.93. The van der Waals surface area contributed by atoms with Crippen molar-refractivity contribution < 1.29 is 50.5 Å². The summed E-state index contributed by atoms with van der Waals surface area (Å²) in [5.74, 6) is -2.34. The van der Waals surface area contributed by atoms with Crippen LogP contribution in [0.3, 0.4) is 0 Å². The van der Waals surface area contributed by atoms with Gasteiger partial charge in [-0.1, -0.05) is 29.8 Å². The zero-order valence-electron chi connectivity index (χ0n) is 22.2. The van der Waals surface area contributed by atoms with Gasteiger partial charge in [-0.2, -0.15) is 13.2 Å². The van der Waals surface area contributed by atoms with Gasteiger partial charge in [0, 0.05) is 31.2 Å². The predicted octanol–water partition coefficient (Wildman–Crippen LogP) is 5.65. The molecule has 1 aliphatic heterocycles. The molecule has 3 aromatic rings. The van der Waals surface area contributed by atoms with Crippen LogP contribution in [-0.2, 0) is 21.0 Å². The highest BCUT2D eigenvalue weighted by molar-refractivity contribution is 7.93. The molecule has 0 spiro atoms. The van der Waals surface area contributed by atoms with E-state index in [4.69, 9.17) is 31.3 Å². The number of anilines is 1. The Balaban J connectivity index is 1.82. The summed E-state index contributed by atoms with van der Waals surface area (Å²) in [4.78, 5) is 13.9.